The molecular weight excluding hydrogens is 443 g/mol. The van der Waals surface area contributed by atoms with E-state index in [9.17, 15) is 21.6 Å². The van der Waals surface area contributed by atoms with Crippen molar-refractivity contribution in [2.24, 2.45) is 0 Å². The largest absolute Gasteiger partial charge is 0.268 e. The van der Waals surface area contributed by atoms with Crippen LogP contribution in [0.4, 0.5) is 19.0 Å². The fraction of sp³-hybridized carbons (Fsp3) is 0. The van der Waals surface area contributed by atoms with Gasteiger partial charge in [0, 0.05) is 12.1 Å². The van der Waals surface area contributed by atoms with Gasteiger partial charge in [0.1, 0.15) is 22.1 Å². The molecule has 11 heteroatoms. The predicted octanol–water partition coefficient (Wildman–Crippen LogP) is 3.22. The summed E-state index contributed by atoms with van der Waals surface area (Å²) in [7, 11) is -4.64. The Morgan fingerprint density at radius 3 is 2.19 bits per heavy atom. The van der Waals surface area contributed by atoms with Crippen molar-refractivity contribution in [2.75, 3.05) is 4.72 Å². The first kappa shape index (κ1) is 16.2. The lowest BCUT2D eigenvalue weighted by molar-refractivity contribution is 0.498. The zero-order valence-corrected chi connectivity index (χ0v) is 13.7. The molecule has 1 heterocycles. The van der Waals surface area contributed by atoms with Gasteiger partial charge in [-0.1, -0.05) is 0 Å². The third-order valence-corrected chi connectivity index (χ3v) is 4.49. The molecule has 0 saturated carbocycles. The first-order valence-corrected chi connectivity index (χ1v) is 8.13. The topological polar surface area (TPSA) is 72.0 Å². The number of nitrogens with one attached hydrogen (secondary N) is 1. The molecule has 112 valence electrons. The van der Waals surface area contributed by atoms with Crippen LogP contribution in [0.3, 0.4) is 0 Å². The molecule has 2 aromatic rings. The van der Waals surface area contributed by atoms with E-state index >= 15 is 0 Å². The van der Waals surface area contributed by atoms with Crippen LogP contribution >= 0.6 is 31.9 Å². The Bertz CT molecular complexity index is 794. The second-order valence-electron chi connectivity index (χ2n) is 3.64. The molecular formula is C10H4Br2F3N3O2S. The van der Waals surface area contributed by atoms with Crippen LogP contribution in [0.2, 0.25) is 0 Å². The molecule has 0 saturated heterocycles. The van der Waals surface area contributed by atoms with E-state index in [-0.39, 0.29) is 22.6 Å². The molecule has 0 atom stereocenters. The molecule has 5 nitrogen and oxygen atoms in total. The van der Waals surface area contributed by atoms with Crippen molar-refractivity contribution in [1.29, 1.82) is 0 Å². The first-order chi connectivity index (χ1) is 9.70. The number of nitrogens with zero attached hydrogens (tertiary/aromatic N) is 2. The van der Waals surface area contributed by atoms with Crippen molar-refractivity contribution < 1.29 is 21.6 Å². The second-order valence-corrected chi connectivity index (χ2v) is 6.82. The summed E-state index contributed by atoms with van der Waals surface area (Å²) in [5, 5.41) is 0. The van der Waals surface area contributed by atoms with Crippen molar-refractivity contribution in [3.8, 4) is 0 Å². The molecule has 0 bridgehead atoms. The summed E-state index contributed by atoms with van der Waals surface area (Å²) in [5.74, 6) is -4.61. The van der Waals surface area contributed by atoms with Crippen LogP contribution in [0, 0.1) is 17.5 Å². The van der Waals surface area contributed by atoms with E-state index in [0.29, 0.717) is 4.60 Å². The number of sulfonamides is 1. The standard InChI is InChI=1S/C10H4Br2F3N3O2S/c11-7-3-16-10(9(12)17-7)18-21(19,20)8-5(14)1-4(13)2-6(8)15/h1-3H,(H,16,18). The van der Waals surface area contributed by atoms with Crippen LogP contribution in [0.5, 0.6) is 0 Å². The minimum atomic E-state index is -4.64. The zero-order chi connectivity index (χ0) is 15.8. The summed E-state index contributed by atoms with van der Waals surface area (Å²) in [6, 6.07) is 0.528. The van der Waals surface area contributed by atoms with E-state index in [1.54, 1.807) is 0 Å². The lowest BCUT2D eigenvalue weighted by Crippen LogP contribution is -2.18. The van der Waals surface area contributed by atoms with Crippen molar-refractivity contribution in [3.63, 3.8) is 0 Å². The van der Waals surface area contributed by atoms with Gasteiger partial charge in [-0.25, -0.2) is 31.6 Å². The van der Waals surface area contributed by atoms with E-state index in [4.69, 9.17) is 0 Å². The van der Waals surface area contributed by atoms with Gasteiger partial charge in [0.2, 0.25) is 0 Å². The fourth-order valence-corrected chi connectivity index (χ4v) is 3.56. The molecule has 0 fully saturated rings. The normalized spacial score (nSPS) is 11.5. The summed E-state index contributed by atoms with van der Waals surface area (Å²) >= 11 is 5.95. The highest BCUT2D eigenvalue weighted by Gasteiger charge is 2.26. The first-order valence-electron chi connectivity index (χ1n) is 5.06. The summed E-state index contributed by atoms with van der Waals surface area (Å²) in [6.07, 6.45) is 1.18. The molecule has 2 rings (SSSR count). The molecule has 21 heavy (non-hydrogen) atoms. The quantitative estimate of drug-likeness (QED) is 0.785. The van der Waals surface area contributed by atoms with Crippen molar-refractivity contribution in [2.45, 2.75) is 4.90 Å². The Balaban J connectivity index is 2.48. The Kier molecular flexibility index (Phi) is 4.54. The van der Waals surface area contributed by atoms with Crippen LogP contribution < -0.4 is 4.72 Å². The molecule has 1 aromatic heterocycles. The molecule has 0 aliphatic heterocycles. The van der Waals surface area contributed by atoms with E-state index in [1.807, 2.05) is 4.72 Å². The number of hydrogen-bond donors (Lipinski definition) is 1. The van der Waals surface area contributed by atoms with Crippen LogP contribution in [0.1, 0.15) is 0 Å². The van der Waals surface area contributed by atoms with Gasteiger partial charge in [-0.05, 0) is 31.9 Å². The van der Waals surface area contributed by atoms with E-state index in [1.165, 1.54) is 6.20 Å². The highest BCUT2D eigenvalue weighted by atomic mass is 79.9. The van der Waals surface area contributed by atoms with Crippen LogP contribution in [0.25, 0.3) is 0 Å². The highest BCUT2D eigenvalue weighted by molar-refractivity contribution is 9.11. The van der Waals surface area contributed by atoms with E-state index < -0.39 is 32.4 Å². The highest BCUT2D eigenvalue weighted by Crippen LogP contribution is 2.25. The smallest absolute Gasteiger partial charge is 0.261 e. The molecule has 0 radical (unpaired) electrons. The Labute approximate surface area is 133 Å². The third-order valence-electron chi connectivity index (χ3n) is 2.16. The zero-order valence-electron chi connectivity index (χ0n) is 9.74. The summed E-state index contributed by atoms with van der Waals surface area (Å²) in [6.45, 7) is 0. The number of anilines is 1. The fourth-order valence-electron chi connectivity index (χ4n) is 1.38. The van der Waals surface area contributed by atoms with Crippen LogP contribution in [0.15, 0.2) is 32.4 Å². The molecule has 0 amide bonds. The Morgan fingerprint density at radius 2 is 1.67 bits per heavy atom. The van der Waals surface area contributed by atoms with Crippen molar-refractivity contribution in [3.05, 3.63) is 45.0 Å². The summed E-state index contributed by atoms with van der Waals surface area (Å²) < 4.78 is 66.0. The molecule has 0 aliphatic carbocycles. The minimum absolute atomic E-state index is 0.00313. The van der Waals surface area contributed by atoms with Gasteiger partial charge >= 0.3 is 0 Å². The molecule has 0 unspecified atom stereocenters. The molecule has 1 aromatic carbocycles. The molecule has 0 aliphatic rings. The van der Waals surface area contributed by atoms with Crippen LogP contribution in [-0.4, -0.2) is 18.4 Å². The minimum Gasteiger partial charge on any atom is -0.261 e. The number of halogens is 5. The van der Waals surface area contributed by atoms with E-state index in [2.05, 4.69) is 41.8 Å². The van der Waals surface area contributed by atoms with E-state index in [0.717, 1.165) is 0 Å². The number of hydrogen-bond acceptors (Lipinski definition) is 4. The van der Waals surface area contributed by atoms with Gasteiger partial charge in [-0.3, -0.25) is 4.72 Å². The monoisotopic (exact) mass is 445 g/mol. The summed E-state index contributed by atoms with van der Waals surface area (Å²) in [5.41, 5.74) is 0. The van der Waals surface area contributed by atoms with Gasteiger partial charge in [0.05, 0.1) is 6.20 Å². The van der Waals surface area contributed by atoms with Gasteiger partial charge in [0.25, 0.3) is 10.0 Å². The second kappa shape index (κ2) is 5.89. The molecule has 0 spiro atoms. The Morgan fingerprint density at radius 1 is 1.10 bits per heavy atom. The van der Waals surface area contributed by atoms with Gasteiger partial charge in [0.15, 0.2) is 15.3 Å². The van der Waals surface area contributed by atoms with Gasteiger partial charge in [-0.15, -0.1) is 0 Å². The summed E-state index contributed by atoms with van der Waals surface area (Å²) in [4.78, 5) is 6.20. The maximum Gasteiger partial charge on any atom is 0.268 e. The lowest BCUT2D eigenvalue weighted by atomic mass is 10.3. The average molecular weight is 447 g/mol. The lowest BCUT2D eigenvalue weighted by Gasteiger charge is -2.10. The van der Waals surface area contributed by atoms with Gasteiger partial charge < -0.3 is 0 Å². The van der Waals surface area contributed by atoms with Crippen molar-refractivity contribution >= 4 is 47.7 Å². The SMILES string of the molecule is O=S(=O)(Nc1ncc(Br)nc1Br)c1c(F)cc(F)cc1F. The molecule has 1 N–H and O–H groups in total. The van der Waals surface area contributed by atoms with Crippen LogP contribution in [-0.2, 0) is 10.0 Å². The number of benzene rings is 1. The van der Waals surface area contributed by atoms with Crippen molar-refractivity contribution in [1.82, 2.24) is 9.97 Å². The third kappa shape index (κ3) is 3.52. The maximum absolute atomic E-state index is 13.5. The number of rotatable bonds is 3. The predicted molar refractivity (Wildman–Crippen MR) is 74.6 cm³/mol. The van der Waals surface area contributed by atoms with Gasteiger partial charge in [-0.2, -0.15) is 0 Å². The number of aromatic nitrogens is 2. The Hall–Kier alpha value is -1.20. The average Bonchev–Trinajstić information content (AvgIpc) is 2.30. The maximum atomic E-state index is 13.5.